The van der Waals surface area contributed by atoms with Gasteiger partial charge in [0.1, 0.15) is 0 Å². The number of hydrogen-bond donors (Lipinski definition) is 0. The van der Waals surface area contributed by atoms with E-state index in [1.165, 1.54) is 82.0 Å². The normalized spacial score (nSPS) is 13.6. The zero-order valence-corrected chi connectivity index (χ0v) is 33.6. The van der Waals surface area contributed by atoms with E-state index >= 15 is 0 Å². The van der Waals surface area contributed by atoms with Gasteiger partial charge in [-0.05, 0) is 108 Å². The molecule has 1 unspecified atom stereocenters. The van der Waals surface area contributed by atoms with Crippen LogP contribution in [0, 0.1) is 0 Å². The highest BCUT2D eigenvalue weighted by molar-refractivity contribution is 6.28. The van der Waals surface area contributed by atoms with E-state index in [-0.39, 0.29) is 0 Å². The fourth-order valence-electron chi connectivity index (χ4n) is 9.95. The molecular formula is C59H40N2. The molecule has 1 heterocycles. The molecule has 0 fully saturated rings. The molecule has 0 N–H and O–H groups in total. The van der Waals surface area contributed by atoms with Gasteiger partial charge in [-0.1, -0.05) is 194 Å². The monoisotopic (exact) mass is 776 g/mol. The zero-order chi connectivity index (χ0) is 40.3. The molecule has 0 spiro atoms. The summed E-state index contributed by atoms with van der Waals surface area (Å²) in [6.45, 7) is 0. The lowest BCUT2D eigenvalue weighted by molar-refractivity contribution is 0.727. The van der Waals surface area contributed by atoms with Crippen molar-refractivity contribution in [2.75, 3.05) is 0 Å². The molecule has 1 atom stereocenters. The summed E-state index contributed by atoms with van der Waals surface area (Å²) >= 11 is 0. The van der Waals surface area contributed by atoms with E-state index in [9.17, 15) is 0 Å². The van der Waals surface area contributed by atoms with Crippen LogP contribution in [0.5, 0.6) is 0 Å². The molecule has 0 amide bonds. The van der Waals surface area contributed by atoms with Gasteiger partial charge < -0.3 is 0 Å². The highest BCUT2D eigenvalue weighted by atomic mass is 14.9. The number of aromatic nitrogens is 2. The van der Waals surface area contributed by atoms with Crippen molar-refractivity contribution in [2.45, 2.75) is 18.8 Å². The molecule has 0 aliphatic heterocycles. The predicted molar refractivity (Wildman–Crippen MR) is 256 cm³/mol. The lowest BCUT2D eigenvalue weighted by Gasteiger charge is -2.20. The third kappa shape index (κ3) is 6.10. The Hall–Kier alpha value is -7.68. The van der Waals surface area contributed by atoms with Crippen LogP contribution >= 0.6 is 0 Å². The van der Waals surface area contributed by atoms with Gasteiger partial charge in [-0.3, -0.25) is 0 Å². The first kappa shape index (κ1) is 35.3. The Kier molecular flexibility index (Phi) is 8.41. The van der Waals surface area contributed by atoms with Gasteiger partial charge in [0.2, 0.25) is 0 Å². The van der Waals surface area contributed by atoms with Crippen molar-refractivity contribution < 1.29 is 0 Å². The Morgan fingerprint density at radius 1 is 0.361 bits per heavy atom. The number of benzene rings is 10. The number of hydrogen-bond acceptors (Lipinski definition) is 2. The first-order valence-corrected chi connectivity index (χ1v) is 21.3. The zero-order valence-electron chi connectivity index (χ0n) is 33.6. The van der Waals surface area contributed by atoms with Crippen LogP contribution in [0.15, 0.2) is 212 Å². The molecule has 0 bridgehead atoms. The Morgan fingerprint density at radius 3 is 1.75 bits per heavy atom. The van der Waals surface area contributed by atoms with Gasteiger partial charge in [-0.25, -0.2) is 9.97 Å². The third-order valence-corrected chi connectivity index (χ3v) is 12.9. The Labute approximate surface area is 355 Å². The molecule has 1 aromatic heterocycles. The first-order valence-electron chi connectivity index (χ1n) is 21.3. The predicted octanol–water partition coefficient (Wildman–Crippen LogP) is 15.5. The van der Waals surface area contributed by atoms with Crippen LogP contribution in [0.4, 0.5) is 0 Å². The van der Waals surface area contributed by atoms with E-state index in [4.69, 9.17) is 9.97 Å². The van der Waals surface area contributed by atoms with E-state index in [0.29, 0.717) is 11.7 Å². The maximum Gasteiger partial charge on any atom is 0.161 e. The van der Waals surface area contributed by atoms with E-state index in [1.807, 2.05) is 0 Å². The quantitative estimate of drug-likeness (QED) is 0.163. The van der Waals surface area contributed by atoms with Crippen molar-refractivity contribution >= 4 is 43.1 Å². The van der Waals surface area contributed by atoms with E-state index in [1.54, 1.807) is 0 Å². The second-order valence-electron chi connectivity index (χ2n) is 16.4. The Balaban J connectivity index is 1.08. The van der Waals surface area contributed by atoms with Gasteiger partial charge in [0.15, 0.2) is 5.82 Å². The number of fused-ring (bicyclic) bond motifs is 10. The fraction of sp³-hybridized carbons (Fsp3) is 0.0508. The minimum Gasteiger partial charge on any atom is -0.228 e. The standard InChI is InChI=1S/C59H40N2/c1-3-16-40(17-4-1)56-37-57(41-18-5-2-6-19-41)61-59(60-56)53-25-13-24-52-49-23-12-11-22-48(49)51-33-30-44(36-55(51)58(52)53)43-29-32-50-47(45-27-26-38-14-7-8-20-42(38)34-45)31-28-39-15-9-10-21-46(39)54(50)35-43/h1-27,29-30,32-37,47H,28,31H2. The summed E-state index contributed by atoms with van der Waals surface area (Å²) in [6.07, 6.45) is 2.11. The lowest BCUT2D eigenvalue weighted by Crippen LogP contribution is -2.02. The molecule has 12 rings (SSSR count). The molecule has 2 nitrogen and oxygen atoms in total. The number of aryl methyl sites for hydroxylation is 1. The van der Waals surface area contributed by atoms with Crippen molar-refractivity contribution in [3.63, 3.8) is 0 Å². The maximum atomic E-state index is 5.33. The van der Waals surface area contributed by atoms with Crippen LogP contribution in [-0.2, 0) is 6.42 Å². The summed E-state index contributed by atoms with van der Waals surface area (Å²) < 4.78 is 0. The molecule has 2 heteroatoms. The van der Waals surface area contributed by atoms with E-state index < -0.39 is 0 Å². The fourth-order valence-corrected chi connectivity index (χ4v) is 9.95. The van der Waals surface area contributed by atoms with Crippen molar-refractivity contribution in [1.82, 2.24) is 9.97 Å². The first-order chi connectivity index (χ1) is 30.2. The molecule has 10 aromatic carbocycles. The number of nitrogens with zero attached hydrogens (tertiary/aromatic N) is 2. The van der Waals surface area contributed by atoms with Gasteiger partial charge in [0, 0.05) is 28.0 Å². The van der Waals surface area contributed by atoms with Gasteiger partial charge in [-0.15, -0.1) is 0 Å². The average molecular weight is 777 g/mol. The van der Waals surface area contributed by atoms with Gasteiger partial charge in [0.05, 0.1) is 11.4 Å². The largest absolute Gasteiger partial charge is 0.228 e. The third-order valence-electron chi connectivity index (χ3n) is 12.9. The summed E-state index contributed by atoms with van der Waals surface area (Å²) in [7, 11) is 0. The summed E-state index contributed by atoms with van der Waals surface area (Å²) in [4.78, 5) is 10.7. The molecule has 286 valence electrons. The smallest absolute Gasteiger partial charge is 0.161 e. The summed E-state index contributed by atoms with van der Waals surface area (Å²) in [5.41, 5.74) is 14.2. The van der Waals surface area contributed by atoms with Crippen molar-refractivity contribution in [3.05, 3.63) is 229 Å². The van der Waals surface area contributed by atoms with E-state index in [2.05, 4.69) is 212 Å². The molecule has 1 aliphatic rings. The second-order valence-corrected chi connectivity index (χ2v) is 16.4. The topological polar surface area (TPSA) is 25.8 Å². The van der Waals surface area contributed by atoms with Crippen molar-refractivity contribution in [1.29, 1.82) is 0 Å². The van der Waals surface area contributed by atoms with Crippen LogP contribution in [-0.4, -0.2) is 9.97 Å². The molecule has 61 heavy (non-hydrogen) atoms. The minimum atomic E-state index is 0.294. The molecule has 0 radical (unpaired) electrons. The molecule has 1 aliphatic carbocycles. The van der Waals surface area contributed by atoms with Crippen LogP contribution < -0.4 is 0 Å². The number of rotatable bonds is 5. The van der Waals surface area contributed by atoms with Crippen LogP contribution in [0.2, 0.25) is 0 Å². The molecule has 0 saturated heterocycles. The second kappa shape index (κ2) is 14.5. The van der Waals surface area contributed by atoms with Crippen LogP contribution in [0.25, 0.3) is 99.2 Å². The lowest BCUT2D eigenvalue weighted by atomic mass is 9.83. The highest BCUT2D eigenvalue weighted by Gasteiger charge is 2.25. The molecular weight excluding hydrogens is 737 g/mol. The van der Waals surface area contributed by atoms with Crippen LogP contribution in [0.3, 0.4) is 0 Å². The van der Waals surface area contributed by atoms with Gasteiger partial charge in [0.25, 0.3) is 0 Å². The summed E-state index contributed by atoms with van der Waals surface area (Å²) in [6, 6.07) is 77.5. The minimum absolute atomic E-state index is 0.294. The molecule has 0 saturated carbocycles. The van der Waals surface area contributed by atoms with Gasteiger partial charge >= 0.3 is 0 Å². The summed E-state index contributed by atoms with van der Waals surface area (Å²) in [5, 5.41) is 9.82. The molecule has 11 aromatic rings. The SMILES string of the molecule is c1ccc(-c2cc(-c3ccccc3)nc(-c3cccc4c5ccccc5c5ccc(-c6ccc7c(c6)-c6ccccc6CCC7c6ccc7ccccc7c6)cc5c34)n2)cc1. The van der Waals surface area contributed by atoms with Crippen LogP contribution in [0.1, 0.15) is 29.0 Å². The highest BCUT2D eigenvalue weighted by Crippen LogP contribution is 2.45. The van der Waals surface area contributed by atoms with Crippen molar-refractivity contribution in [3.8, 4) is 56.2 Å². The Morgan fingerprint density at radius 2 is 0.967 bits per heavy atom. The van der Waals surface area contributed by atoms with E-state index in [0.717, 1.165) is 40.9 Å². The summed E-state index contributed by atoms with van der Waals surface area (Å²) in [5.74, 6) is 1.01. The Bertz CT molecular complexity index is 3420. The maximum absolute atomic E-state index is 5.33. The van der Waals surface area contributed by atoms with Gasteiger partial charge in [-0.2, -0.15) is 0 Å². The van der Waals surface area contributed by atoms with Crippen molar-refractivity contribution in [2.24, 2.45) is 0 Å². The average Bonchev–Trinajstić information content (AvgIpc) is 3.50.